The Morgan fingerprint density at radius 3 is 2.62 bits per heavy atom. The van der Waals surface area contributed by atoms with Gasteiger partial charge in [0.05, 0.1) is 11.2 Å². The number of hydrogen-bond donors (Lipinski definition) is 1. The number of rotatable bonds is 5. The predicted octanol–water partition coefficient (Wildman–Crippen LogP) is 1.87. The molecule has 1 fully saturated rings. The maximum atomic E-state index is 12.8. The molecule has 1 saturated heterocycles. The molecule has 0 spiro atoms. The number of amides is 1. The molecule has 0 radical (unpaired) electrons. The van der Waals surface area contributed by atoms with Gasteiger partial charge in [0, 0.05) is 37.9 Å². The molecular weight excluding hydrogens is 354 g/mol. The van der Waals surface area contributed by atoms with Crippen LogP contribution in [0.25, 0.3) is 6.08 Å². The van der Waals surface area contributed by atoms with Crippen molar-refractivity contribution in [1.29, 1.82) is 0 Å². The molecule has 0 unspecified atom stereocenters. The van der Waals surface area contributed by atoms with E-state index in [0.29, 0.717) is 37.6 Å². The van der Waals surface area contributed by atoms with E-state index in [2.05, 4.69) is 10.2 Å². The van der Waals surface area contributed by atoms with Gasteiger partial charge in [-0.3, -0.25) is 4.79 Å². The van der Waals surface area contributed by atoms with Gasteiger partial charge >= 0.3 is 0 Å². The van der Waals surface area contributed by atoms with Crippen molar-refractivity contribution in [2.75, 3.05) is 38.5 Å². The van der Waals surface area contributed by atoms with Gasteiger partial charge < -0.3 is 14.6 Å². The molecule has 1 aromatic heterocycles. The van der Waals surface area contributed by atoms with Crippen molar-refractivity contribution >= 4 is 27.7 Å². The number of benzene rings is 1. The van der Waals surface area contributed by atoms with Gasteiger partial charge in [0.15, 0.2) is 0 Å². The lowest BCUT2D eigenvalue weighted by molar-refractivity contribution is -0.111. The normalized spacial score (nSPS) is 16.8. The van der Waals surface area contributed by atoms with Crippen LogP contribution in [0.5, 0.6) is 0 Å². The monoisotopic (exact) mass is 375 g/mol. The lowest BCUT2D eigenvalue weighted by Crippen LogP contribution is -2.47. The number of anilines is 1. The Labute approximate surface area is 152 Å². The van der Waals surface area contributed by atoms with Crippen molar-refractivity contribution < 1.29 is 17.6 Å². The van der Waals surface area contributed by atoms with E-state index in [4.69, 9.17) is 4.42 Å². The summed E-state index contributed by atoms with van der Waals surface area (Å²) in [5, 5.41) is 2.67. The Morgan fingerprint density at radius 2 is 1.92 bits per heavy atom. The first-order valence-corrected chi connectivity index (χ1v) is 9.70. The third-order valence-electron chi connectivity index (χ3n) is 4.14. The molecule has 1 aliphatic rings. The van der Waals surface area contributed by atoms with Crippen LogP contribution in [0.1, 0.15) is 5.76 Å². The average Bonchev–Trinajstić information content (AvgIpc) is 3.14. The maximum absolute atomic E-state index is 12.8. The highest BCUT2D eigenvalue weighted by Crippen LogP contribution is 2.21. The van der Waals surface area contributed by atoms with Crippen LogP contribution in [0.2, 0.25) is 0 Å². The van der Waals surface area contributed by atoms with Crippen LogP contribution in [0, 0.1) is 0 Å². The molecule has 1 N–H and O–H groups in total. The van der Waals surface area contributed by atoms with Crippen molar-refractivity contribution in [1.82, 2.24) is 9.21 Å². The number of furan rings is 1. The van der Waals surface area contributed by atoms with Crippen LogP contribution >= 0.6 is 0 Å². The fourth-order valence-corrected chi connectivity index (χ4v) is 4.11. The van der Waals surface area contributed by atoms with Gasteiger partial charge in [0.1, 0.15) is 5.76 Å². The Balaban J connectivity index is 1.70. The lowest BCUT2D eigenvalue weighted by Gasteiger charge is -2.31. The molecule has 2 aromatic rings. The SMILES string of the molecule is CN1CCN(S(=O)(=O)c2cccc(NC(=O)C=Cc3ccco3)c2)CC1. The summed E-state index contributed by atoms with van der Waals surface area (Å²) in [7, 11) is -1.60. The molecule has 2 heterocycles. The highest BCUT2D eigenvalue weighted by atomic mass is 32.2. The molecule has 1 amide bonds. The number of carbonyl (C=O) groups excluding carboxylic acids is 1. The molecule has 7 nitrogen and oxygen atoms in total. The first-order chi connectivity index (χ1) is 12.4. The molecule has 0 saturated carbocycles. The molecule has 1 aliphatic heterocycles. The molecule has 0 bridgehead atoms. The van der Waals surface area contributed by atoms with Gasteiger partial charge in [-0.1, -0.05) is 6.07 Å². The van der Waals surface area contributed by atoms with Crippen LogP contribution < -0.4 is 5.32 Å². The van der Waals surface area contributed by atoms with E-state index >= 15 is 0 Å². The number of piperazine rings is 1. The fourth-order valence-electron chi connectivity index (χ4n) is 2.64. The van der Waals surface area contributed by atoms with Crippen LogP contribution in [-0.4, -0.2) is 56.8 Å². The summed E-state index contributed by atoms with van der Waals surface area (Å²) >= 11 is 0. The Morgan fingerprint density at radius 1 is 1.15 bits per heavy atom. The van der Waals surface area contributed by atoms with E-state index in [9.17, 15) is 13.2 Å². The summed E-state index contributed by atoms with van der Waals surface area (Å²) < 4.78 is 32.2. The molecule has 3 rings (SSSR count). The largest absolute Gasteiger partial charge is 0.465 e. The smallest absolute Gasteiger partial charge is 0.248 e. The Hall–Kier alpha value is -2.42. The van der Waals surface area contributed by atoms with Crippen LogP contribution in [0.4, 0.5) is 5.69 Å². The topological polar surface area (TPSA) is 82.9 Å². The van der Waals surface area contributed by atoms with Crippen molar-refractivity contribution in [3.05, 3.63) is 54.5 Å². The van der Waals surface area contributed by atoms with Crippen LogP contribution in [-0.2, 0) is 14.8 Å². The number of nitrogens with zero attached hydrogens (tertiary/aromatic N) is 2. The summed E-state index contributed by atoms with van der Waals surface area (Å²) in [6.07, 6.45) is 4.39. The number of carbonyl (C=O) groups is 1. The second-order valence-electron chi connectivity index (χ2n) is 6.07. The fraction of sp³-hybridized carbons (Fsp3) is 0.278. The van der Waals surface area contributed by atoms with E-state index < -0.39 is 10.0 Å². The maximum Gasteiger partial charge on any atom is 0.248 e. The van der Waals surface area contributed by atoms with Gasteiger partial charge in [-0.05, 0) is 43.5 Å². The molecule has 0 aliphatic carbocycles. The van der Waals surface area contributed by atoms with Gasteiger partial charge in [0.2, 0.25) is 15.9 Å². The zero-order valence-corrected chi connectivity index (χ0v) is 15.3. The molecule has 1 aromatic carbocycles. The van der Waals surface area contributed by atoms with Crippen molar-refractivity contribution in [2.45, 2.75) is 4.90 Å². The molecule has 138 valence electrons. The number of likely N-dealkylation sites (N-methyl/N-ethyl adjacent to an activating group) is 1. The first-order valence-electron chi connectivity index (χ1n) is 8.26. The highest BCUT2D eigenvalue weighted by molar-refractivity contribution is 7.89. The molecule has 26 heavy (non-hydrogen) atoms. The lowest BCUT2D eigenvalue weighted by atomic mass is 10.3. The van der Waals surface area contributed by atoms with Crippen LogP contribution in [0.3, 0.4) is 0 Å². The quantitative estimate of drug-likeness (QED) is 0.807. The molecular formula is C18H21N3O4S. The minimum Gasteiger partial charge on any atom is -0.465 e. The minimum atomic E-state index is -3.57. The van der Waals surface area contributed by atoms with Gasteiger partial charge in [0.25, 0.3) is 0 Å². The van der Waals surface area contributed by atoms with E-state index in [0.717, 1.165) is 0 Å². The van der Waals surface area contributed by atoms with E-state index in [1.807, 2.05) is 7.05 Å². The Kier molecular flexibility index (Phi) is 5.55. The van der Waals surface area contributed by atoms with E-state index in [1.165, 1.54) is 22.7 Å². The summed E-state index contributed by atoms with van der Waals surface area (Å²) in [5.74, 6) is 0.196. The molecule has 0 atom stereocenters. The zero-order chi connectivity index (χ0) is 18.6. The summed E-state index contributed by atoms with van der Waals surface area (Å²) in [6, 6.07) is 9.75. The first kappa shape index (κ1) is 18.4. The van der Waals surface area contributed by atoms with E-state index in [-0.39, 0.29) is 10.8 Å². The highest BCUT2D eigenvalue weighted by Gasteiger charge is 2.27. The zero-order valence-electron chi connectivity index (χ0n) is 14.5. The van der Waals surface area contributed by atoms with Gasteiger partial charge in [-0.2, -0.15) is 4.31 Å². The van der Waals surface area contributed by atoms with Crippen molar-refractivity contribution in [2.24, 2.45) is 0 Å². The van der Waals surface area contributed by atoms with Gasteiger partial charge in [-0.25, -0.2) is 8.42 Å². The number of sulfonamides is 1. The summed E-state index contributed by atoms with van der Waals surface area (Å²) in [4.78, 5) is 14.3. The second kappa shape index (κ2) is 7.86. The summed E-state index contributed by atoms with van der Waals surface area (Å²) in [6.45, 7) is 2.32. The van der Waals surface area contributed by atoms with E-state index in [1.54, 1.807) is 36.4 Å². The second-order valence-corrected chi connectivity index (χ2v) is 8.01. The van der Waals surface area contributed by atoms with Crippen LogP contribution in [0.15, 0.2) is 58.1 Å². The molecule has 8 heteroatoms. The van der Waals surface area contributed by atoms with Crippen molar-refractivity contribution in [3.8, 4) is 0 Å². The summed E-state index contributed by atoms with van der Waals surface area (Å²) in [5.41, 5.74) is 0.425. The number of hydrogen-bond acceptors (Lipinski definition) is 5. The standard InChI is InChI=1S/C18H21N3O4S/c1-20-9-11-21(12-10-20)26(23,24)17-6-2-4-15(14-17)19-18(22)8-7-16-5-3-13-25-16/h2-8,13-14H,9-12H2,1H3,(H,19,22). The third kappa shape index (κ3) is 4.40. The van der Waals surface area contributed by atoms with Gasteiger partial charge in [-0.15, -0.1) is 0 Å². The average molecular weight is 375 g/mol. The minimum absolute atomic E-state index is 0.176. The number of nitrogens with one attached hydrogen (secondary N) is 1. The Bertz CT molecular complexity index is 883. The predicted molar refractivity (Wildman–Crippen MR) is 99.1 cm³/mol. The van der Waals surface area contributed by atoms with Crippen molar-refractivity contribution in [3.63, 3.8) is 0 Å². The third-order valence-corrected chi connectivity index (χ3v) is 6.04.